The standard InChI is InChI=1S/C31H27N3O5/c1-3-38-28-19-22(15-18-27(28)39-31(37)24-16-13-21(2)14-17-24)20-32-34-30(36)25-11-7-8-12-26(25)33-29(35)23-9-5-4-6-10-23/h4-20H,3H2,1-2H3,(H,33,35)(H,34,36)/b32-20-. The van der Waals surface area contributed by atoms with Gasteiger partial charge in [0.05, 0.1) is 29.6 Å². The molecule has 8 nitrogen and oxygen atoms in total. The van der Waals surface area contributed by atoms with Crippen LogP contribution in [0.15, 0.2) is 102 Å². The highest BCUT2D eigenvalue weighted by Gasteiger charge is 2.15. The second-order valence-electron chi connectivity index (χ2n) is 8.46. The van der Waals surface area contributed by atoms with E-state index in [4.69, 9.17) is 9.47 Å². The van der Waals surface area contributed by atoms with Gasteiger partial charge < -0.3 is 14.8 Å². The summed E-state index contributed by atoms with van der Waals surface area (Å²) in [6.45, 7) is 4.12. The van der Waals surface area contributed by atoms with Crippen molar-refractivity contribution in [2.75, 3.05) is 11.9 Å². The lowest BCUT2D eigenvalue weighted by Gasteiger charge is -2.11. The Morgan fingerprint density at radius 2 is 1.51 bits per heavy atom. The third kappa shape index (κ3) is 7.17. The molecule has 0 radical (unpaired) electrons. The molecule has 4 aromatic carbocycles. The molecule has 0 aliphatic carbocycles. The number of para-hydroxylation sites is 1. The smallest absolute Gasteiger partial charge is 0.343 e. The average Bonchev–Trinajstić information content (AvgIpc) is 2.95. The molecule has 0 unspecified atom stereocenters. The third-order valence-corrected chi connectivity index (χ3v) is 5.59. The molecule has 0 heterocycles. The number of nitrogens with zero attached hydrogens (tertiary/aromatic N) is 1. The summed E-state index contributed by atoms with van der Waals surface area (Å²) in [4.78, 5) is 37.9. The first-order valence-corrected chi connectivity index (χ1v) is 12.3. The van der Waals surface area contributed by atoms with Gasteiger partial charge in [-0.05, 0) is 74.0 Å². The van der Waals surface area contributed by atoms with Crippen molar-refractivity contribution in [2.45, 2.75) is 13.8 Å². The number of rotatable bonds is 9. The molecule has 0 aliphatic rings. The fourth-order valence-electron chi connectivity index (χ4n) is 3.61. The number of aryl methyl sites for hydroxylation is 1. The zero-order valence-corrected chi connectivity index (χ0v) is 21.5. The van der Waals surface area contributed by atoms with E-state index >= 15 is 0 Å². The summed E-state index contributed by atoms with van der Waals surface area (Å²) < 4.78 is 11.2. The van der Waals surface area contributed by atoms with Crippen LogP contribution < -0.4 is 20.2 Å². The highest BCUT2D eigenvalue weighted by atomic mass is 16.6. The van der Waals surface area contributed by atoms with Crippen LogP contribution in [0.2, 0.25) is 0 Å². The van der Waals surface area contributed by atoms with Crippen molar-refractivity contribution >= 4 is 29.7 Å². The molecule has 2 N–H and O–H groups in total. The minimum Gasteiger partial charge on any atom is -0.490 e. The Kier molecular flexibility index (Phi) is 8.82. The van der Waals surface area contributed by atoms with Gasteiger partial charge in [0, 0.05) is 5.56 Å². The van der Waals surface area contributed by atoms with E-state index in [1.165, 1.54) is 6.21 Å². The van der Waals surface area contributed by atoms with Crippen molar-refractivity contribution in [1.29, 1.82) is 0 Å². The highest BCUT2D eigenvalue weighted by Crippen LogP contribution is 2.29. The van der Waals surface area contributed by atoms with Crippen molar-refractivity contribution in [3.63, 3.8) is 0 Å². The fraction of sp³-hybridized carbons (Fsp3) is 0.0968. The van der Waals surface area contributed by atoms with Gasteiger partial charge in [-0.15, -0.1) is 0 Å². The number of benzene rings is 4. The van der Waals surface area contributed by atoms with Crippen LogP contribution in [0, 0.1) is 6.92 Å². The molecule has 2 amide bonds. The van der Waals surface area contributed by atoms with Crippen molar-refractivity contribution in [2.24, 2.45) is 5.10 Å². The number of esters is 1. The summed E-state index contributed by atoms with van der Waals surface area (Å²) in [5.74, 6) is -0.688. The SMILES string of the molecule is CCOc1cc(/C=N\NC(=O)c2ccccc2NC(=O)c2ccccc2)ccc1OC(=O)c1ccc(C)cc1. The van der Waals surface area contributed by atoms with E-state index in [1.807, 2.05) is 32.0 Å². The highest BCUT2D eigenvalue weighted by molar-refractivity contribution is 6.09. The predicted molar refractivity (Wildman–Crippen MR) is 150 cm³/mol. The third-order valence-electron chi connectivity index (χ3n) is 5.59. The Bertz CT molecular complexity index is 1500. The molecule has 196 valence electrons. The molecule has 0 spiro atoms. The molecular weight excluding hydrogens is 494 g/mol. The lowest BCUT2D eigenvalue weighted by Crippen LogP contribution is -2.21. The Morgan fingerprint density at radius 1 is 0.795 bits per heavy atom. The number of carbonyl (C=O) groups excluding carboxylic acids is 3. The first kappa shape index (κ1) is 26.8. The number of anilines is 1. The van der Waals surface area contributed by atoms with Crippen molar-refractivity contribution < 1.29 is 23.9 Å². The Balaban J connectivity index is 1.43. The van der Waals surface area contributed by atoms with Gasteiger partial charge in [0.1, 0.15) is 0 Å². The topological polar surface area (TPSA) is 106 Å². The molecular formula is C31H27N3O5. The summed E-state index contributed by atoms with van der Waals surface area (Å²) >= 11 is 0. The van der Waals surface area contributed by atoms with E-state index in [2.05, 4.69) is 15.8 Å². The van der Waals surface area contributed by atoms with E-state index in [9.17, 15) is 14.4 Å². The summed E-state index contributed by atoms with van der Waals surface area (Å²) in [7, 11) is 0. The Labute approximate surface area is 226 Å². The first-order valence-electron chi connectivity index (χ1n) is 12.3. The van der Waals surface area contributed by atoms with Crippen LogP contribution in [0.3, 0.4) is 0 Å². The number of carbonyl (C=O) groups is 3. The number of hydrogen-bond acceptors (Lipinski definition) is 6. The van der Waals surface area contributed by atoms with Crippen LogP contribution in [0.5, 0.6) is 11.5 Å². The Hall–Kier alpha value is -5.24. The van der Waals surface area contributed by atoms with Crippen molar-refractivity contribution in [3.05, 3.63) is 125 Å². The average molecular weight is 522 g/mol. The zero-order valence-electron chi connectivity index (χ0n) is 21.5. The van der Waals surface area contributed by atoms with Crippen LogP contribution in [-0.4, -0.2) is 30.6 Å². The largest absolute Gasteiger partial charge is 0.490 e. The van der Waals surface area contributed by atoms with Gasteiger partial charge >= 0.3 is 5.97 Å². The van der Waals surface area contributed by atoms with Gasteiger partial charge in [-0.3, -0.25) is 9.59 Å². The van der Waals surface area contributed by atoms with E-state index in [0.29, 0.717) is 34.7 Å². The maximum absolute atomic E-state index is 12.8. The minimum atomic E-state index is -0.498. The van der Waals surface area contributed by atoms with Gasteiger partial charge in [-0.25, -0.2) is 10.2 Å². The summed E-state index contributed by atoms with van der Waals surface area (Å²) in [5.41, 5.74) is 5.65. The summed E-state index contributed by atoms with van der Waals surface area (Å²) in [6.07, 6.45) is 1.44. The number of ether oxygens (including phenoxy) is 2. The van der Waals surface area contributed by atoms with Gasteiger partial charge in [0.15, 0.2) is 11.5 Å². The molecule has 39 heavy (non-hydrogen) atoms. The lowest BCUT2D eigenvalue weighted by atomic mass is 10.1. The van der Waals surface area contributed by atoms with Crippen LogP contribution in [0.1, 0.15) is 49.1 Å². The molecule has 4 aromatic rings. The van der Waals surface area contributed by atoms with Crippen LogP contribution in [0.4, 0.5) is 5.69 Å². The fourth-order valence-corrected chi connectivity index (χ4v) is 3.61. The Morgan fingerprint density at radius 3 is 2.26 bits per heavy atom. The van der Waals surface area contributed by atoms with E-state index < -0.39 is 11.9 Å². The first-order chi connectivity index (χ1) is 18.9. The molecule has 0 atom stereocenters. The zero-order chi connectivity index (χ0) is 27.6. The maximum Gasteiger partial charge on any atom is 0.343 e. The van der Waals surface area contributed by atoms with E-state index in [1.54, 1.807) is 78.9 Å². The monoisotopic (exact) mass is 521 g/mol. The second kappa shape index (κ2) is 12.8. The van der Waals surface area contributed by atoms with Gasteiger partial charge in [0.2, 0.25) is 0 Å². The molecule has 0 bridgehead atoms. The van der Waals surface area contributed by atoms with Crippen molar-refractivity contribution in [3.8, 4) is 11.5 Å². The van der Waals surface area contributed by atoms with Gasteiger partial charge in [0.25, 0.3) is 11.8 Å². The van der Waals surface area contributed by atoms with Crippen LogP contribution in [0.25, 0.3) is 0 Å². The number of amides is 2. The quantitative estimate of drug-likeness (QED) is 0.129. The molecule has 0 aromatic heterocycles. The van der Waals surface area contributed by atoms with Gasteiger partial charge in [-0.2, -0.15) is 5.10 Å². The maximum atomic E-state index is 12.8. The van der Waals surface area contributed by atoms with Gasteiger partial charge in [-0.1, -0.05) is 48.0 Å². The normalized spacial score (nSPS) is 10.6. The van der Waals surface area contributed by atoms with E-state index in [-0.39, 0.29) is 17.2 Å². The minimum absolute atomic E-state index is 0.257. The van der Waals surface area contributed by atoms with Crippen molar-refractivity contribution in [1.82, 2.24) is 5.43 Å². The lowest BCUT2D eigenvalue weighted by molar-refractivity contribution is 0.0728. The molecule has 8 heteroatoms. The molecule has 0 aliphatic heterocycles. The van der Waals surface area contributed by atoms with Crippen LogP contribution in [-0.2, 0) is 0 Å². The molecule has 0 saturated heterocycles. The van der Waals surface area contributed by atoms with Crippen LogP contribution >= 0.6 is 0 Å². The van der Waals surface area contributed by atoms with E-state index in [0.717, 1.165) is 5.56 Å². The second-order valence-corrected chi connectivity index (χ2v) is 8.46. The number of nitrogens with one attached hydrogen (secondary N) is 2. The molecule has 4 rings (SSSR count). The molecule has 0 saturated carbocycles. The number of hydrogen-bond donors (Lipinski definition) is 2. The summed E-state index contributed by atoms with van der Waals surface area (Å²) in [6, 6.07) is 27.4. The predicted octanol–water partition coefficient (Wildman–Crippen LogP) is 5.63. The number of hydrazone groups is 1. The molecule has 0 fully saturated rings. The summed E-state index contributed by atoms with van der Waals surface area (Å²) in [5, 5.41) is 6.81.